The summed E-state index contributed by atoms with van der Waals surface area (Å²) in [5.74, 6) is 0.360. The molecule has 3 amide bonds. The van der Waals surface area contributed by atoms with E-state index in [4.69, 9.17) is 16.3 Å². The molecule has 124 valence electrons. The van der Waals surface area contributed by atoms with Crippen molar-refractivity contribution < 1.29 is 14.3 Å². The molecule has 0 radical (unpaired) electrons. The molecule has 2 heterocycles. The molecule has 0 atom stereocenters. The summed E-state index contributed by atoms with van der Waals surface area (Å²) < 4.78 is 5.10. The van der Waals surface area contributed by atoms with Gasteiger partial charge < -0.3 is 10.1 Å². The lowest BCUT2D eigenvalue weighted by Gasteiger charge is -2.03. The van der Waals surface area contributed by atoms with Crippen molar-refractivity contribution in [2.24, 2.45) is 5.10 Å². The quantitative estimate of drug-likeness (QED) is 0.626. The van der Waals surface area contributed by atoms with Crippen LogP contribution in [0.1, 0.15) is 4.88 Å². The van der Waals surface area contributed by atoms with Crippen LogP contribution in [0.4, 0.5) is 15.6 Å². The van der Waals surface area contributed by atoms with Crippen LogP contribution in [-0.4, -0.2) is 41.8 Å². The summed E-state index contributed by atoms with van der Waals surface area (Å²) in [6.07, 6.45) is 1.40. The van der Waals surface area contributed by atoms with E-state index in [2.05, 4.69) is 20.7 Å². The average molecular weight is 366 g/mol. The molecule has 1 aliphatic rings. The molecule has 1 aromatic heterocycles. The Balaban J connectivity index is 1.70. The van der Waals surface area contributed by atoms with Crippen LogP contribution >= 0.6 is 22.9 Å². The maximum Gasteiger partial charge on any atom is 0.344 e. The summed E-state index contributed by atoms with van der Waals surface area (Å²) in [6.45, 7) is -0.108. The molecule has 0 aliphatic carbocycles. The highest BCUT2D eigenvalue weighted by molar-refractivity contribution is 7.17. The normalized spacial score (nSPS) is 14.3. The maximum absolute atomic E-state index is 11.4. The van der Waals surface area contributed by atoms with Gasteiger partial charge in [0, 0.05) is 5.69 Å². The third kappa shape index (κ3) is 3.63. The minimum Gasteiger partial charge on any atom is -0.497 e. The number of methoxy groups -OCH3 is 1. The molecule has 0 unspecified atom stereocenters. The van der Waals surface area contributed by atoms with Gasteiger partial charge in [0.05, 0.1) is 18.2 Å². The van der Waals surface area contributed by atoms with Crippen LogP contribution in [0.2, 0.25) is 5.15 Å². The number of amides is 3. The minimum atomic E-state index is -0.562. The molecule has 1 saturated heterocycles. The predicted octanol–water partition coefficient (Wildman–Crippen LogP) is 2.43. The molecule has 24 heavy (non-hydrogen) atoms. The first kappa shape index (κ1) is 16.2. The fourth-order valence-electron chi connectivity index (χ4n) is 1.89. The summed E-state index contributed by atoms with van der Waals surface area (Å²) in [5.41, 5.74) is 0.828. The number of benzene rings is 1. The van der Waals surface area contributed by atoms with Crippen molar-refractivity contribution >= 4 is 51.9 Å². The monoisotopic (exact) mass is 365 g/mol. The molecule has 0 bridgehead atoms. The van der Waals surface area contributed by atoms with Gasteiger partial charge in [0.15, 0.2) is 10.3 Å². The van der Waals surface area contributed by atoms with E-state index in [1.807, 2.05) is 24.3 Å². The highest BCUT2D eigenvalue weighted by Gasteiger charge is 2.26. The Hall–Kier alpha value is -2.65. The van der Waals surface area contributed by atoms with Crippen molar-refractivity contribution in [2.75, 3.05) is 19.0 Å². The molecule has 0 spiro atoms. The lowest BCUT2D eigenvalue weighted by Crippen LogP contribution is -2.24. The van der Waals surface area contributed by atoms with E-state index in [-0.39, 0.29) is 11.7 Å². The van der Waals surface area contributed by atoms with Crippen LogP contribution in [-0.2, 0) is 4.79 Å². The Bertz CT molecular complexity index is 805. The zero-order valence-electron chi connectivity index (χ0n) is 12.4. The van der Waals surface area contributed by atoms with Crippen molar-refractivity contribution in [3.63, 3.8) is 0 Å². The summed E-state index contributed by atoms with van der Waals surface area (Å²) in [7, 11) is 1.60. The number of imide groups is 1. The summed E-state index contributed by atoms with van der Waals surface area (Å²) in [6, 6.07) is 6.78. The summed E-state index contributed by atoms with van der Waals surface area (Å²) in [4.78, 5) is 27.3. The number of hydrazone groups is 1. The number of halogens is 1. The van der Waals surface area contributed by atoms with E-state index in [1.54, 1.807) is 7.11 Å². The lowest BCUT2D eigenvalue weighted by atomic mass is 10.3. The Labute approximate surface area is 146 Å². The van der Waals surface area contributed by atoms with Gasteiger partial charge in [0.25, 0.3) is 0 Å². The number of hydrogen-bond donors (Lipinski definition) is 2. The van der Waals surface area contributed by atoms with Gasteiger partial charge in [-0.05, 0) is 24.3 Å². The Morgan fingerprint density at radius 3 is 2.79 bits per heavy atom. The highest BCUT2D eigenvalue weighted by Crippen LogP contribution is 2.28. The largest absolute Gasteiger partial charge is 0.497 e. The van der Waals surface area contributed by atoms with Crippen LogP contribution in [0.5, 0.6) is 5.75 Å². The van der Waals surface area contributed by atoms with E-state index in [0.29, 0.717) is 10.0 Å². The van der Waals surface area contributed by atoms with Crippen molar-refractivity contribution in [1.29, 1.82) is 0 Å². The zero-order valence-corrected chi connectivity index (χ0v) is 14.0. The molecule has 2 N–H and O–H groups in total. The Morgan fingerprint density at radius 1 is 1.42 bits per heavy atom. The SMILES string of the molecule is COc1ccc(Nc2nc(Cl)c(/C=N/N3CC(=O)NC3=O)s2)cc1. The Morgan fingerprint density at radius 2 is 2.17 bits per heavy atom. The molecule has 10 heteroatoms. The number of rotatable bonds is 5. The molecule has 8 nitrogen and oxygen atoms in total. The number of aromatic nitrogens is 1. The first-order valence-corrected chi connectivity index (χ1v) is 7.97. The second-order valence-electron chi connectivity index (χ2n) is 4.68. The number of urea groups is 1. The van der Waals surface area contributed by atoms with E-state index >= 15 is 0 Å². The molecular weight excluding hydrogens is 354 g/mol. The van der Waals surface area contributed by atoms with Gasteiger partial charge in [0.1, 0.15) is 12.3 Å². The molecule has 1 fully saturated rings. The second-order valence-corrected chi connectivity index (χ2v) is 6.07. The number of carbonyl (C=O) groups is 2. The zero-order chi connectivity index (χ0) is 17.1. The fraction of sp³-hybridized carbons (Fsp3) is 0.143. The molecule has 1 aliphatic heterocycles. The second kappa shape index (κ2) is 6.85. The van der Waals surface area contributed by atoms with Crippen molar-refractivity contribution in [2.45, 2.75) is 0 Å². The first-order valence-electron chi connectivity index (χ1n) is 6.78. The third-order valence-electron chi connectivity index (χ3n) is 3.04. The summed E-state index contributed by atoms with van der Waals surface area (Å²) >= 11 is 7.34. The van der Waals surface area contributed by atoms with E-state index in [1.165, 1.54) is 17.6 Å². The van der Waals surface area contributed by atoms with Gasteiger partial charge in [-0.2, -0.15) is 5.10 Å². The van der Waals surface area contributed by atoms with Crippen molar-refractivity contribution in [3.8, 4) is 5.75 Å². The number of ether oxygens (including phenoxy) is 1. The van der Waals surface area contributed by atoms with Gasteiger partial charge in [0.2, 0.25) is 5.91 Å². The predicted molar refractivity (Wildman–Crippen MR) is 91.2 cm³/mol. The minimum absolute atomic E-state index is 0.108. The van der Waals surface area contributed by atoms with Crippen LogP contribution in [0, 0.1) is 0 Å². The molecular formula is C14H12ClN5O3S. The average Bonchev–Trinajstić information content (AvgIpc) is 3.07. The van der Waals surface area contributed by atoms with E-state index < -0.39 is 11.9 Å². The lowest BCUT2D eigenvalue weighted by molar-refractivity contribution is -0.118. The van der Waals surface area contributed by atoms with Crippen molar-refractivity contribution in [1.82, 2.24) is 15.3 Å². The number of hydrogen-bond acceptors (Lipinski definition) is 7. The van der Waals surface area contributed by atoms with Gasteiger partial charge >= 0.3 is 6.03 Å². The number of nitrogens with one attached hydrogen (secondary N) is 2. The van der Waals surface area contributed by atoms with Crippen LogP contribution in [0.15, 0.2) is 29.4 Å². The van der Waals surface area contributed by atoms with Gasteiger partial charge in [-0.3, -0.25) is 10.1 Å². The number of anilines is 2. The van der Waals surface area contributed by atoms with Crippen LogP contribution in [0.25, 0.3) is 0 Å². The molecule has 0 saturated carbocycles. The Kier molecular flexibility index (Phi) is 4.63. The smallest absolute Gasteiger partial charge is 0.344 e. The molecule has 3 rings (SSSR count). The van der Waals surface area contributed by atoms with Crippen LogP contribution < -0.4 is 15.4 Å². The number of carbonyl (C=O) groups excluding carboxylic acids is 2. The van der Waals surface area contributed by atoms with Gasteiger partial charge in [-0.15, -0.1) is 0 Å². The third-order valence-corrected chi connectivity index (χ3v) is 4.35. The fourth-order valence-corrected chi connectivity index (χ4v) is 2.93. The van der Waals surface area contributed by atoms with E-state index in [9.17, 15) is 9.59 Å². The first-order chi connectivity index (χ1) is 11.5. The highest BCUT2D eigenvalue weighted by atomic mass is 35.5. The molecule has 1 aromatic carbocycles. The maximum atomic E-state index is 11.4. The van der Waals surface area contributed by atoms with Crippen LogP contribution in [0.3, 0.4) is 0 Å². The molecule has 2 aromatic rings. The van der Waals surface area contributed by atoms with E-state index in [0.717, 1.165) is 16.4 Å². The van der Waals surface area contributed by atoms with Gasteiger partial charge in [-0.25, -0.2) is 14.8 Å². The standard InChI is InChI=1S/C14H12ClN5O3S/c1-23-9-4-2-8(3-5-9)17-13-19-12(15)10(24-13)6-16-20-7-11(21)18-14(20)22/h2-6H,7H2,1H3,(H,17,19)(H,18,21,22)/b16-6+. The summed E-state index contributed by atoms with van der Waals surface area (Å²) in [5, 5.41) is 11.1. The van der Waals surface area contributed by atoms with Gasteiger partial charge in [-0.1, -0.05) is 22.9 Å². The van der Waals surface area contributed by atoms with Crippen molar-refractivity contribution in [3.05, 3.63) is 34.3 Å². The number of thiazole rings is 1. The number of nitrogens with zero attached hydrogens (tertiary/aromatic N) is 3. The topological polar surface area (TPSA) is 95.9 Å².